The number of benzene rings is 2. The molecule has 0 unspecified atom stereocenters. The highest BCUT2D eigenvalue weighted by atomic mass is 16.3. The predicted molar refractivity (Wildman–Crippen MR) is 86.9 cm³/mol. The standard InChI is InChI=1S/C17H16N4O2/c1-11-18-16(21-20-11)13-5-7-14(8-6-13)17(23)19-15-4-2-3-12(9-15)10-22/h2-9,22H,10H2,1H3,(H,19,23)(H,18,20,21). The molecule has 6 heteroatoms. The number of hydrogen-bond donors (Lipinski definition) is 3. The molecule has 1 aromatic heterocycles. The number of aliphatic hydroxyl groups excluding tert-OH is 1. The molecule has 0 atom stereocenters. The van der Waals surface area contributed by atoms with Crippen molar-refractivity contribution in [2.45, 2.75) is 13.5 Å². The summed E-state index contributed by atoms with van der Waals surface area (Å²) in [6.07, 6.45) is 0. The molecule has 1 amide bonds. The first-order valence-electron chi connectivity index (χ1n) is 7.16. The smallest absolute Gasteiger partial charge is 0.255 e. The van der Waals surface area contributed by atoms with Crippen molar-refractivity contribution in [2.75, 3.05) is 5.32 Å². The number of aromatic amines is 1. The molecule has 3 aromatic rings. The van der Waals surface area contributed by atoms with Crippen LogP contribution in [-0.2, 0) is 6.61 Å². The second kappa shape index (κ2) is 6.41. The summed E-state index contributed by atoms with van der Waals surface area (Å²) in [4.78, 5) is 16.5. The summed E-state index contributed by atoms with van der Waals surface area (Å²) < 4.78 is 0. The predicted octanol–water partition coefficient (Wildman–Crippen LogP) is 2.52. The van der Waals surface area contributed by atoms with Crippen molar-refractivity contribution < 1.29 is 9.90 Å². The third-order valence-corrected chi connectivity index (χ3v) is 3.37. The normalized spacial score (nSPS) is 10.5. The molecule has 0 aliphatic rings. The fourth-order valence-electron chi connectivity index (χ4n) is 2.19. The Bertz CT molecular complexity index is 825. The average Bonchev–Trinajstić information content (AvgIpc) is 3.01. The molecule has 3 rings (SSSR count). The highest BCUT2D eigenvalue weighted by Gasteiger charge is 2.08. The monoisotopic (exact) mass is 308 g/mol. The van der Waals surface area contributed by atoms with Crippen LogP contribution in [0.25, 0.3) is 11.4 Å². The second-order valence-electron chi connectivity index (χ2n) is 5.13. The number of hydrogen-bond acceptors (Lipinski definition) is 4. The summed E-state index contributed by atoms with van der Waals surface area (Å²) in [5, 5.41) is 18.8. The molecule has 23 heavy (non-hydrogen) atoms. The van der Waals surface area contributed by atoms with Gasteiger partial charge in [0.1, 0.15) is 5.82 Å². The van der Waals surface area contributed by atoms with Gasteiger partial charge in [-0.2, -0.15) is 5.10 Å². The number of carbonyl (C=O) groups excluding carboxylic acids is 1. The van der Waals surface area contributed by atoms with E-state index in [0.29, 0.717) is 17.1 Å². The van der Waals surface area contributed by atoms with Gasteiger partial charge in [-0.1, -0.05) is 24.3 Å². The van der Waals surface area contributed by atoms with Crippen molar-refractivity contribution >= 4 is 11.6 Å². The van der Waals surface area contributed by atoms with Gasteiger partial charge in [-0.25, -0.2) is 4.98 Å². The maximum absolute atomic E-state index is 12.3. The maximum atomic E-state index is 12.3. The molecule has 0 bridgehead atoms. The summed E-state index contributed by atoms with van der Waals surface area (Å²) in [6.45, 7) is 1.77. The van der Waals surface area contributed by atoms with Crippen LogP contribution in [0.4, 0.5) is 5.69 Å². The van der Waals surface area contributed by atoms with E-state index < -0.39 is 0 Å². The molecule has 6 nitrogen and oxygen atoms in total. The number of aromatic nitrogens is 3. The number of nitrogens with one attached hydrogen (secondary N) is 2. The van der Waals surface area contributed by atoms with E-state index in [4.69, 9.17) is 5.11 Å². The van der Waals surface area contributed by atoms with E-state index in [9.17, 15) is 4.79 Å². The molecule has 2 aromatic carbocycles. The Morgan fingerprint density at radius 3 is 2.65 bits per heavy atom. The van der Waals surface area contributed by atoms with Gasteiger partial charge in [0.25, 0.3) is 5.91 Å². The maximum Gasteiger partial charge on any atom is 0.255 e. The van der Waals surface area contributed by atoms with Crippen LogP contribution in [0, 0.1) is 6.92 Å². The molecule has 0 aliphatic heterocycles. The molecule has 1 heterocycles. The van der Waals surface area contributed by atoms with Crippen LogP contribution in [0.15, 0.2) is 48.5 Å². The number of nitrogens with zero attached hydrogens (tertiary/aromatic N) is 2. The first kappa shape index (κ1) is 14.9. The quantitative estimate of drug-likeness (QED) is 0.690. The molecule has 3 N–H and O–H groups in total. The van der Waals surface area contributed by atoms with Gasteiger partial charge in [-0.05, 0) is 36.8 Å². The van der Waals surface area contributed by atoms with Crippen molar-refractivity contribution in [3.05, 3.63) is 65.5 Å². The van der Waals surface area contributed by atoms with E-state index in [1.165, 1.54) is 0 Å². The lowest BCUT2D eigenvalue weighted by Gasteiger charge is -2.07. The second-order valence-corrected chi connectivity index (χ2v) is 5.13. The Hall–Kier alpha value is -2.99. The Labute approximate surface area is 133 Å². The van der Waals surface area contributed by atoms with Gasteiger partial charge >= 0.3 is 0 Å². The molecule has 0 saturated carbocycles. The Morgan fingerprint density at radius 1 is 1.22 bits per heavy atom. The fraction of sp³-hybridized carbons (Fsp3) is 0.118. The van der Waals surface area contributed by atoms with Crippen LogP contribution >= 0.6 is 0 Å². The number of rotatable bonds is 4. The third kappa shape index (κ3) is 3.44. The lowest BCUT2D eigenvalue weighted by molar-refractivity contribution is 0.102. The SMILES string of the molecule is Cc1nc(-c2ccc(C(=O)Nc3cccc(CO)c3)cc2)n[nH]1. The van der Waals surface area contributed by atoms with Crippen LogP contribution in [0.1, 0.15) is 21.7 Å². The van der Waals surface area contributed by atoms with E-state index in [1.54, 1.807) is 36.4 Å². The zero-order valence-corrected chi connectivity index (χ0v) is 12.6. The lowest BCUT2D eigenvalue weighted by atomic mass is 10.1. The number of H-pyrrole nitrogens is 1. The Kier molecular flexibility index (Phi) is 4.16. The van der Waals surface area contributed by atoms with E-state index in [0.717, 1.165) is 17.0 Å². The molecular formula is C17H16N4O2. The molecule has 0 spiro atoms. The Morgan fingerprint density at radius 2 is 2.00 bits per heavy atom. The van der Waals surface area contributed by atoms with Crippen molar-refractivity contribution in [3.63, 3.8) is 0 Å². The minimum Gasteiger partial charge on any atom is -0.392 e. The highest BCUT2D eigenvalue weighted by Crippen LogP contribution is 2.17. The number of carbonyl (C=O) groups is 1. The van der Waals surface area contributed by atoms with Crippen molar-refractivity contribution in [1.82, 2.24) is 15.2 Å². The van der Waals surface area contributed by atoms with E-state index in [1.807, 2.05) is 19.1 Å². The molecule has 116 valence electrons. The molecular weight excluding hydrogens is 292 g/mol. The minimum atomic E-state index is -0.210. The van der Waals surface area contributed by atoms with Gasteiger partial charge in [0.15, 0.2) is 5.82 Å². The topological polar surface area (TPSA) is 90.9 Å². The van der Waals surface area contributed by atoms with Gasteiger partial charge in [0, 0.05) is 16.8 Å². The summed E-state index contributed by atoms with van der Waals surface area (Å²) in [7, 11) is 0. The van der Waals surface area contributed by atoms with Crippen molar-refractivity contribution in [2.24, 2.45) is 0 Å². The van der Waals surface area contributed by atoms with Crippen LogP contribution in [-0.4, -0.2) is 26.2 Å². The summed E-state index contributed by atoms with van der Waals surface area (Å²) in [5.41, 5.74) is 2.77. The number of aryl methyl sites for hydroxylation is 1. The lowest BCUT2D eigenvalue weighted by Crippen LogP contribution is -2.11. The molecule has 0 fully saturated rings. The number of amides is 1. The number of aliphatic hydroxyl groups is 1. The van der Waals surface area contributed by atoms with Crippen LogP contribution in [0.3, 0.4) is 0 Å². The molecule has 0 aliphatic carbocycles. The Balaban J connectivity index is 1.75. The third-order valence-electron chi connectivity index (χ3n) is 3.37. The van der Waals surface area contributed by atoms with Gasteiger partial charge < -0.3 is 10.4 Å². The largest absolute Gasteiger partial charge is 0.392 e. The zero-order valence-electron chi connectivity index (χ0n) is 12.6. The van der Waals surface area contributed by atoms with Crippen LogP contribution in [0.2, 0.25) is 0 Å². The van der Waals surface area contributed by atoms with Crippen LogP contribution in [0.5, 0.6) is 0 Å². The summed E-state index contributed by atoms with van der Waals surface area (Å²) in [6, 6.07) is 14.2. The number of anilines is 1. The first-order valence-corrected chi connectivity index (χ1v) is 7.16. The van der Waals surface area contributed by atoms with Crippen LogP contribution < -0.4 is 5.32 Å². The highest BCUT2D eigenvalue weighted by molar-refractivity contribution is 6.04. The first-order chi connectivity index (χ1) is 11.2. The van der Waals surface area contributed by atoms with Gasteiger partial charge in [0.2, 0.25) is 0 Å². The molecule has 0 saturated heterocycles. The van der Waals surface area contributed by atoms with E-state index in [-0.39, 0.29) is 12.5 Å². The van der Waals surface area contributed by atoms with Gasteiger partial charge in [-0.15, -0.1) is 0 Å². The van der Waals surface area contributed by atoms with E-state index >= 15 is 0 Å². The average molecular weight is 308 g/mol. The zero-order chi connectivity index (χ0) is 16.2. The fourth-order valence-corrected chi connectivity index (χ4v) is 2.19. The van der Waals surface area contributed by atoms with E-state index in [2.05, 4.69) is 20.5 Å². The van der Waals surface area contributed by atoms with Crippen molar-refractivity contribution in [3.8, 4) is 11.4 Å². The molecule has 0 radical (unpaired) electrons. The van der Waals surface area contributed by atoms with Gasteiger partial charge in [-0.3, -0.25) is 9.89 Å². The summed E-state index contributed by atoms with van der Waals surface area (Å²) >= 11 is 0. The van der Waals surface area contributed by atoms with Gasteiger partial charge in [0.05, 0.1) is 6.61 Å². The summed E-state index contributed by atoms with van der Waals surface area (Å²) in [5.74, 6) is 1.13. The van der Waals surface area contributed by atoms with Crippen molar-refractivity contribution in [1.29, 1.82) is 0 Å². The minimum absolute atomic E-state index is 0.0610.